The van der Waals surface area contributed by atoms with E-state index < -0.39 is 44.8 Å². The van der Waals surface area contributed by atoms with Gasteiger partial charge in [0.25, 0.3) is 11.6 Å². The summed E-state index contributed by atoms with van der Waals surface area (Å²) in [5.74, 6) is -0.419. The van der Waals surface area contributed by atoms with Crippen molar-refractivity contribution in [2.75, 3.05) is 17.1 Å². The third-order valence-electron chi connectivity index (χ3n) is 4.60. The standard InChI is InChI=1S/C21H16ClF3N4O6S/c1-36(33,34)28(18-10-14(21(23,24)25)4-8-17(18)22)12-20(30)27-26-11-16-7-9-19(35-16)13-2-5-15(6-3-13)29(31)32/h2-11H,12H2,1H3,(H,27,30)/b26-11+. The summed E-state index contributed by atoms with van der Waals surface area (Å²) in [4.78, 5) is 22.5. The molecule has 0 spiro atoms. The molecule has 2 aromatic carbocycles. The van der Waals surface area contributed by atoms with Crippen molar-refractivity contribution < 1.29 is 35.7 Å². The highest BCUT2D eigenvalue weighted by atomic mass is 35.5. The molecule has 0 aliphatic carbocycles. The van der Waals surface area contributed by atoms with E-state index in [1.54, 1.807) is 6.07 Å². The van der Waals surface area contributed by atoms with E-state index in [9.17, 15) is 36.5 Å². The number of nitrogens with zero attached hydrogens (tertiary/aromatic N) is 3. The first kappa shape index (κ1) is 26.7. The number of hydrogen-bond acceptors (Lipinski definition) is 7. The molecule has 0 atom stereocenters. The number of amides is 1. The average Bonchev–Trinajstić information content (AvgIpc) is 3.25. The van der Waals surface area contributed by atoms with Gasteiger partial charge in [-0.05, 0) is 42.5 Å². The number of carbonyl (C=O) groups is 1. The number of alkyl halides is 3. The Kier molecular flexibility index (Phi) is 7.69. The van der Waals surface area contributed by atoms with Gasteiger partial charge in [-0.3, -0.25) is 19.2 Å². The van der Waals surface area contributed by atoms with Crippen LogP contribution in [0.5, 0.6) is 0 Å². The van der Waals surface area contributed by atoms with Crippen LogP contribution < -0.4 is 9.73 Å². The van der Waals surface area contributed by atoms with Gasteiger partial charge in [0, 0.05) is 17.7 Å². The number of halogens is 4. The fourth-order valence-electron chi connectivity index (χ4n) is 2.92. The minimum atomic E-state index is -4.76. The Hall–Kier alpha value is -3.91. The van der Waals surface area contributed by atoms with E-state index in [0.29, 0.717) is 34.0 Å². The second kappa shape index (κ2) is 10.4. The topological polar surface area (TPSA) is 135 Å². The normalized spacial score (nSPS) is 12.0. The van der Waals surface area contributed by atoms with Gasteiger partial charge in [-0.1, -0.05) is 11.6 Å². The first-order valence-electron chi connectivity index (χ1n) is 9.77. The highest BCUT2D eigenvalue weighted by Gasteiger charge is 2.33. The van der Waals surface area contributed by atoms with Gasteiger partial charge in [0.1, 0.15) is 18.1 Å². The first-order valence-corrected chi connectivity index (χ1v) is 12.0. The molecular weight excluding hydrogens is 529 g/mol. The quantitative estimate of drug-likeness (QED) is 0.253. The van der Waals surface area contributed by atoms with Crippen LogP contribution in [0.25, 0.3) is 11.3 Å². The number of nitro benzene ring substituents is 1. The van der Waals surface area contributed by atoms with Crippen molar-refractivity contribution in [2.45, 2.75) is 6.18 Å². The van der Waals surface area contributed by atoms with E-state index in [0.717, 1.165) is 12.3 Å². The number of furan rings is 1. The predicted molar refractivity (Wildman–Crippen MR) is 125 cm³/mol. The number of carbonyl (C=O) groups excluding carboxylic acids is 1. The second-order valence-electron chi connectivity index (χ2n) is 7.23. The molecule has 0 bridgehead atoms. The monoisotopic (exact) mass is 544 g/mol. The molecule has 1 amide bonds. The van der Waals surface area contributed by atoms with Gasteiger partial charge in [0.2, 0.25) is 10.0 Å². The van der Waals surface area contributed by atoms with Gasteiger partial charge < -0.3 is 4.42 Å². The van der Waals surface area contributed by atoms with E-state index in [1.807, 2.05) is 0 Å². The van der Waals surface area contributed by atoms with Crippen LogP contribution in [0.2, 0.25) is 5.02 Å². The number of nitrogens with one attached hydrogen (secondary N) is 1. The zero-order chi connectivity index (χ0) is 26.7. The van der Waals surface area contributed by atoms with E-state index in [1.165, 1.54) is 30.3 Å². The molecule has 0 fully saturated rings. The van der Waals surface area contributed by atoms with Crippen LogP contribution in [-0.2, 0) is 21.0 Å². The Morgan fingerprint density at radius 2 is 1.86 bits per heavy atom. The molecule has 0 unspecified atom stereocenters. The maximum Gasteiger partial charge on any atom is 0.416 e. The van der Waals surface area contributed by atoms with Gasteiger partial charge in [-0.2, -0.15) is 18.3 Å². The van der Waals surface area contributed by atoms with Gasteiger partial charge in [-0.25, -0.2) is 13.8 Å². The molecule has 1 aromatic heterocycles. The fraction of sp³-hybridized carbons (Fsp3) is 0.143. The summed E-state index contributed by atoms with van der Waals surface area (Å²) in [7, 11) is -4.20. The highest BCUT2D eigenvalue weighted by molar-refractivity contribution is 7.92. The van der Waals surface area contributed by atoms with E-state index in [4.69, 9.17) is 16.0 Å². The number of benzene rings is 2. The van der Waals surface area contributed by atoms with Crippen molar-refractivity contribution in [3.8, 4) is 11.3 Å². The van der Waals surface area contributed by atoms with Crippen LogP contribution in [0.4, 0.5) is 24.5 Å². The first-order chi connectivity index (χ1) is 16.8. The molecule has 3 aromatic rings. The lowest BCUT2D eigenvalue weighted by atomic mass is 10.1. The Bertz CT molecular complexity index is 1420. The lowest BCUT2D eigenvalue weighted by molar-refractivity contribution is -0.384. The number of non-ortho nitro benzene ring substituents is 1. The Balaban J connectivity index is 1.71. The fourth-order valence-corrected chi connectivity index (χ4v) is 4.05. The number of anilines is 1. The van der Waals surface area contributed by atoms with Crippen LogP contribution in [-0.4, -0.2) is 38.3 Å². The van der Waals surface area contributed by atoms with Crippen molar-refractivity contribution >= 4 is 45.1 Å². The third kappa shape index (κ3) is 6.60. The molecule has 1 heterocycles. The van der Waals surface area contributed by atoms with Crippen LogP contribution in [0.1, 0.15) is 11.3 Å². The summed E-state index contributed by atoms with van der Waals surface area (Å²) in [6.07, 6.45) is -2.94. The zero-order valence-corrected chi connectivity index (χ0v) is 19.8. The smallest absolute Gasteiger partial charge is 0.416 e. The molecule has 0 saturated carbocycles. The highest BCUT2D eigenvalue weighted by Crippen LogP contribution is 2.36. The van der Waals surface area contributed by atoms with Crippen LogP contribution >= 0.6 is 11.6 Å². The maximum absolute atomic E-state index is 13.1. The Morgan fingerprint density at radius 3 is 2.44 bits per heavy atom. The molecule has 10 nitrogen and oxygen atoms in total. The summed E-state index contributed by atoms with van der Waals surface area (Å²) in [6.45, 7) is -0.899. The second-order valence-corrected chi connectivity index (χ2v) is 9.55. The lowest BCUT2D eigenvalue weighted by Gasteiger charge is -2.23. The number of rotatable bonds is 8. The minimum absolute atomic E-state index is 0.0932. The Labute approximate surface area is 207 Å². The van der Waals surface area contributed by atoms with Crippen LogP contribution in [0, 0.1) is 10.1 Å². The predicted octanol–water partition coefficient (Wildman–Crippen LogP) is 4.44. The van der Waals surface area contributed by atoms with E-state index in [-0.39, 0.29) is 16.5 Å². The summed E-state index contributed by atoms with van der Waals surface area (Å²) < 4.78 is 69.5. The molecule has 0 saturated heterocycles. The van der Waals surface area contributed by atoms with E-state index >= 15 is 0 Å². The minimum Gasteiger partial charge on any atom is -0.455 e. The van der Waals surface area contributed by atoms with Gasteiger partial charge in [0.05, 0.1) is 33.7 Å². The van der Waals surface area contributed by atoms with Crippen LogP contribution in [0.3, 0.4) is 0 Å². The third-order valence-corrected chi connectivity index (χ3v) is 6.05. The molecule has 3 rings (SSSR count). The van der Waals surface area contributed by atoms with E-state index in [2.05, 4.69) is 10.5 Å². The molecule has 190 valence electrons. The lowest BCUT2D eigenvalue weighted by Crippen LogP contribution is -2.39. The number of hydrogen-bond donors (Lipinski definition) is 1. The Morgan fingerprint density at radius 1 is 1.19 bits per heavy atom. The molecule has 0 radical (unpaired) electrons. The van der Waals surface area contributed by atoms with Crippen molar-refractivity contribution in [2.24, 2.45) is 5.10 Å². The maximum atomic E-state index is 13.1. The largest absolute Gasteiger partial charge is 0.455 e. The average molecular weight is 545 g/mol. The molecule has 15 heteroatoms. The van der Waals surface area contributed by atoms with Crippen molar-refractivity contribution in [1.82, 2.24) is 5.43 Å². The van der Waals surface area contributed by atoms with Crippen molar-refractivity contribution in [3.63, 3.8) is 0 Å². The summed E-state index contributed by atoms with van der Waals surface area (Å²) in [5.41, 5.74) is 0.851. The van der Waals surface area contributed by atoms with Crippen molar-refractivity contribution in [3.05, 3.63) is 81.1 Å². The molecular formula is C21H16ClF3N4O6S. The molecule has 0 aliphatic heterocycles. The van der Waals surface area contributed by atoms with Gasteiger partial charge in [0.15, 0.2) is 0 Å². The zero-order valence-electron chi connectivity index (χ0n) is 18.2. The molecule has 1 N–H and O–H groups in total. The number of sulfonamides is 1. The summed E-state index contributed by atoms with van der Waals surface area (Å²) in [5, 5.41) is 14.1. The molecule has 36 heavy (non-hydrogen) atoms. The molecule has 0 aliphatic rings. The summed E-state index contributed by atoms with van der Waals surface area (Å²) >= 11 is 5.91. The van der Waals surface area contributed by atoms with Crippen molar-refractivity contribution in [1.29, 1.82) is 0 Å². The summed E-state index contributed by atoms with van der Waals surface area (Å²) in [6, 6.07) is 10.7. The number of nitro groups is 1. The van der Waals surface area contributed by atoms with Crippen LogP contribution in [0.15, 0.2) is 64.1 Å². The van der Waals surface area contributed by atoms with Gasteiger partial charge >= 0.3 is 6.18 Å². The SMILES string of the molecule is CS(=O)(=O)N(CC(=O)N/N=C/c1ccc(-c2ccc([N+](=O)[O-])cc2)o1)c1cc(C(F)(F)F)ccc1Cl. The van der Waals surface area contributed by atoms with Gasteiger partial charge in [-0.15, -0.1) is 0 Å². The number of hydrazone groups is 1.